The smallest absolute Gasteiger partial charge is 0.256 e. The molecule has 0 aliphatic carbocycles. The molecule has 6 nitrogen and oxygen atoms in total. The van der Waals surface area contributed by atoms with E-state index in [4.69, 9.17) is 10.5 Å². The van der Waals surface area contributed by atoms with E-state index in [1.54, 1.807) is 7.11 Å². The van der Waals surface area contributed by atoms with Gasteiger partial charge in [0.05, 0.1) is 18.2 Å². The minimum atomic E-state index is -0.316. The zero-order valence-corrected chi connectivity index (χ0v) is 10.7. The van der Waals surface area contributed by atoms with Gasteiger partial charge in [-0.25, -0.2) is 9.97 Å². The average Bonchev–Trinajstić information content (AvgIpc) is 2.46. The van der Waals surface area contributed by atoms with Gasteiger partial charge in [-0.3, -0.25) is 4.79 Å². The van der Waals surface area contributed by atoms with Gasteiger partial charge in [0.1, 0.15) is 11.6 Å². The number of benzene rings is 1. The van der Waals surface area contributed by atoms with Gasteiger partial charge in [-0.05, 0) is 12.1 Å². The molecule has 0 aliphatic heterocycles. The zero-order chi connectivity index (χ0) is 13.8. The Morgan fingerprint density at radius 2 is 2.11 bits per heavy atom. The fraction of sp³-hybridized carbons (Fsp3) is 0.154. The summed E-state index contributed by atoms with van der Waals surface area (Å²) in [4.78, 5) is 19.8. The summed E-state index contributed by atoms with van der Waals surface area (Å²) in [6.45, 7) is 0. The highest BCUT2D eigenvalue weighted by molar-refractivity contribution is 5.98. The molecule has 6 heteroatoms. The number of para-hydroxylation sites is 1. The van der Waals surface area contributed by atoms with Crippen molar-refractivity contribution in [2.45, 2.75) is 0 Å². The molecule has 2 aromatic rings. The first-order valence-electron chi connectivity index (χ1n) is 5.65. The van der Waals surface area contributed by atoms with Gasteiger partial charge in [-0.1, -0.05) is 12.1 Å². The molecule has 1 aromatic carbocycles. The van der Waals surface area contributed by atoms with Gasteiger partial charge >= 0.3 is 0 Å². The Hall–Kier alpha value is -2.63. The second-order valence-electron chi connectivity index (χ2n) is 3.77. The van der Waals surface area contributed by atoms with E-state index in [0.29, 0.717) is 11.6 Å². The molecular weight excluding hydrogens is 244 g/mol. The number of rotatable bonds is 3. The molecule has 0 fully saturated rings. The van der Waals surface area contributed by atoms with Crippen molar-refractivity contribution in [2.75, 3.05) is 19.9 Å². The van der Waals surface area contributed by atoms with Gasteiger partial charge in [-0.15, -0.1) is 0 Å². The fourth-order valence-electron chi connectivity index (χ4n) is 1.66. The predicted octanol–water partition coefficient (Wildman–Crippen LogP) is 1.09. The molecule has 0 saturated carbocycles. The van der Waals surface area contributed by atoms with Gasteiger partial charge in [0.15, 0.2) is 5.82 Å². The van der Waals surface area contributed by atoms with Crippen LogP contribution in [0.2, 0.25) is 0 Å². The van der Waals surface area contributed by atoms with Crippen molar-refractivity contribution in [3.05, 3.63) is 36.0 Å². The number of amides is 1. The van der Waals surface area contributed by atoms with Crippen molar-refractivity contribution in [3.8, 4) is 17.1 Å². The van der Waals surface area contributed by atoms with Crippen LogP contribution in [0, 0.1) is 0 Å². The summed E-state index contributed by atoms with van der Waals surface area (Å²) in [5.74, 6) is 0.886. The van der Waals surface area contributed by atoms with Crippen molar-refractivity contribution in [3.63, 3.8) is 0 Å². The van der Waals surface area contributed by atoms with Crippen LogP contribution in [0.3, 0.4) is 0 Å². The molecule has 0 spiro atoms. The Kier molecular flexibility index (Phi) is 3.61. The van der Waals surface area contributed by atoms with E-state index in [2.05, 4.69) is 15.3 Å². The largest absolute Gasteiger partial charge is 0.496 e. The molecule has 0 atom stereocenters. The summed E-state index contributed by atoms with van der Waals surface area (Å²) < 4.78 is 5.24. The van der Waals surface area contributed by atoms with Crippen LogP contribution in [-0.4, -0.2) is 30.0 Å². The van der Waals surface area contributed by atoms with Crippen LogP contribution in [-0.2, 0) is 0 Å². The van der Waals surface area contributed by atoms with Crippen molar-refractivity contribution in [1.82, 2.24) is 15.3 Å². The summed E-state index contributed by atoms with van der Waals surface area (Å²) in [7, 11) is 3.09. The number of carbonyl (C=O) groups excluding carboxylic acids is 1. The molecule has 1 heterocycles. The zero-order valence-electron chi connectivity index (χ0n) is 10.7. The van der Waals surface area contributed by atoms with Gasteiger partial charge in [-0.2, -0.15) is 0 Å². The van der Waals surface area contributed by atoms with Crippen LogP contribution >= 0.6 is 0 Å². The summed E-state index contributed by atoms with van der Waals surface area (Å²) in [6, 6.07) is 7.34. The molecule has 0 unspecified atom stereocenters. The molecule has 0 aliphatic rings. The molecule has 1 amide bonds. The Bertz CT molecular complexity index is 613. The number of carbonyl (C=O) groups is 1. The van der Waals surface area contributed by atoms with Gasteiger partial charge in [0, 0.05) is 13.2 Å². The van der Waals surface area contributed by atoms with Gasteiger partial charge < -0.3 is 15.8 Å². The highest BCUT2D eigenvalue weighted by Crippen LogP contribution is 2.27. The van der Waals surface area contributed by atoms with Crippen LogP contribution in [0.4, 0.5) is 5.82 Å². The van der Waals surface area contributed by atoms with Crippen molar-refractivity contribution >= 4 is 11.7 Å². The number of methoxy groups -OCH3 is 1. The lowest BCUT2D eigenvalue weighted by atomic mass is 10.2. The number of nitrogens with one attached hydrogen (secondary N) is 1. The number of hydrogen-bond donors (Lipinski definition) is 2. The summed E-state index contributed by atoms with van der Waals surface area (Å²) in [6.07, 6.45) is 1.41. The van der Waals surface area contributed by atoms with Gasteiger partial charge in [0.25, 0.3) is 5.91 Å². The normalized spacial score (nSPS) is 10.0. The average molecular weight is 258 g/mol. The van der Waals surface area contributed by atoms with Crippen molar-refractivity contribution in [1.29, 1.82) is 0 Å². The first kappa shape index (κ1) is 12.8. The maximum atomic E-state index is 11.5. The van der Waals surface area contributed by atoms with E-state index < -0.39 is 0 Å². The molecule has 0 saturated heterocycles. The van der Waals surface area contributed by atoms with Crippen molar-refractivity contribution in [2.24, 2.45) is 0 Å². The number of nitrogens with zero attached hydrogens (tertiary/aromatic N) is 2. The molecular formula is C13H14N4O2. The van der Waals surface area contributed by atoms with Crippen LogP contribution in [0.25, 0.3) is 11.4 Å². The molecule has 98 valence electrons. The minimum Gasteiger partial charge on any atom is -0.496 e. The van der Waals surface area contributed by atoms with E-state index in [1.165, 1.54) is 13.2 Å². The lowest BCUT2D eigenvalue weighted by molar-refractivity contribution is 0.0963. The van der Waals surface area contributed by atoms with Gasteiger partial charge in [0.2, 0.25) is 0 Å². The summed E-state index contributed by atoms with van der Waals surface area (Å²) >= 11 is 0. The number of aromatic nitrogens is 2. The first-order chi connectivity index (χ1) is 9.17. The SMILES string of the molecule is CNC(=O)c1cnc(-c2ccccc2OC)nc1N. The summed E-state index contributed by atoms with van der Waals surface area (Å²) in [5.41, 5.74) is 6.75. The third-order valence-corrected chi connectivity index (χ3v) is 2.64. The Balaban J connectivity index is 2.47. The quantitative estimate of drug-likeness (QED) is 0.860. The van der Waals surface area contributed by atoms with E-state index in [1.807, 2.05) is 24.3 Å². The summed E-state index contributed by atoms with van der Waals surface area (Å²) in [5, 5.41) is 2.48. The number of nitrogen functional groups attached to an aromatic ring is 1. The van der Waals surface area contributed by atoms with Crippen LogP contribution in [0.5, 0.6) is 5.75 Å². The standard InChI is InChI=1S/C13H14N4O2/c1-15-13(18)9-7-16-12(17-11(9)14)8-5-3-4-6-10(8)19-2/h3-7H,1-2H3,(H,15,18)(H2,14,16,17). The second-order valence-corrected chi connectivity index (χ2v) is 3.77. The van der Waals surface area contributed by atoms with E-state index in [0.717, 1.165) is 5.56 Å². The lowest BCUT2D eigenvalue weighted by Crippen LogP contribution is -2.20. The number of anilines is 1. The highest BCUT2D eigenvalue weighted by Gasteiger charge is 2.13. The van der Waals surface area contributed by atoms with Crippen LogP contribution in [0.1, 0.15) is 10.4 Å². The number of ether oxygens (including phenoxy) is 1. The molecule has 2 rings (SSSR count). The first-order valence-corrected chi connectivity index (χ1v) is 5.65. The maximum absolute atomic E-state index is 11.5. The third kappa shape index (κ3) is 2.47. The molecule has 1 aromatic heterocycles. The van der Waals surface area contributed by atoms with Crippen LogP contribution < -0.4 is 15.8 Å². The second kappa shape index (κ2) is 5.34. The monoisotopic (exact) mass is 258 g/mol. The topological polar surface area (TPSA) is 90.1 Å². The predicted molar refractivity (Wildman–Crippen MR) is 71.8 cm³/mol. The number of hydrogen-bond acceptors (Lipinski definition) is 5. The molecule has 3 N–H and O–H groups in total. The van der Waals surface area contributed by atoms with E-state index >= 15 is 0 Å². The highest BCUT2D eigenvalue weighted by atomic mass is 16.5. The number of nitrogens with two attached hydrogens (primary N) is 1. The molecule has 19 heavy (non-hydrogen) atoms. The maximum Gasteiger partial charge on any atom is 0.256 e. The van der Waals surface area contributed by atoms with E-state index in [9.17, 15) is 4.79 Å². The Morgan fingerprint density at radius 3 is 2.74 bits per heavy atom. The van der Waals surface area contributed by atoms with E-state index in [-0.39, 0.29) is 17.3 Å². The Labute approximate surface area is 110 Å². The minimum absolute atomic E-state index is 0.134. The molecule has 0 bridgehead atoms. The molecule has 0 radical (unpaired) electrons. The third-order valence-electron chi connectivity index (χ3n) is 2.64. The fourth-order valence-corrected chi connectivity index (χ4v) is 1.66. The Morgan fingerprint density at radius 1 is 1.37 bits per heavy atom. The lowest BCUT2D eigenvalue weighted by Gasteiger charge is -2.08. The van der Waals surface area contributed by atoms with Crippen molar-refractivity contribution < 1.29 is 9.53 Å². The van der Waals surface area contributed by atoms with Crippen LogP contribution in [0.15, 0.2) is 30.5 Å².